The summed E-state index contributed by atoms with van der Waals surface area (Å²) in [6.45, 7) is 4.95. The molecule has 20 heavy (non-hydrogen) atoms. The van der Waals surface area contributed by atoms with Crippen LogP contribution in [0, 0.1) is 5.92 Å². The summed E-state index contributed by atoms with van der Waals surface area (Å²) in [5.41, 5.74) is 1.43. The molecule has 1 aromatic heterocycles. The van der Waals surface area contributed by atoms with E-state index in [4.69, 9.17) is 0 Å². The van der Waals surface area contributed by atoms with Gasteiger partial charge in [-0.05, 0) is 56.0 Å². The lowest BCUT2D eigenvalue weighted by atomic mass is 9.83. The maximum absolute atomic E-state index is 4.33. The summed E-state index contributed by atoms with van der Waals surface area (Å²) in [6, 6.07) is 7.33. The van der Waals surface area contributed by atoms with Crippen LogP contribution in [0.25, 0.3) is 10.1 Å². The molecule has 1 aromatic carbocycles. The number of hydrogen-bond acceptors (Lipinski definition) is 4. The van der Waals surface area contributed by atoms with Crippen molar-refractivity contribution in [3.05, 3.63) is 30.0 Å². The molecule has 5 rings (SSSR count). The first-order valence-corrected chi connectivity index (χ1v) is 8.33. The van der Waals surface area contributed by atoms with E-state index in [0.717, 1.165) is 18.5 Å². The van der Waals surface area contributed by atoms with Gasteiger partial charge in [-0.1, -0.05) is 18.2 Å². The fourth-order valence-electron chi connectivity index (χ4n) is 3.90. The highest BCUT2D eigenvalue weighted by atomic mass is 32.1. The van der Waals surface area contributed by atoms with Gasteiger partial charge >= 0.3 is 0 Å². The highest BCUT2D eigenvalue weighted by Crippen LogP contribution is 2.32. The Bertz CT molecular complexity index is 601. The Balaban J connectivity index is 1.55. The lowest BCUT2D eigenvalue weighted by molar-refractivity contribution is 0.0137. The predicted molar refractivity (Wildman–Crippen MR) is 84.0 cm³/mol. The number of hydrogen-bond donors (Lipinski definition) is 0. The third kappa shape index (κ3) is 2.16. The normalized spacial score (nSPS) is 29.4. The standard InChI is InChI=1S/C16H21N3S/c1-18(15-11-19-7-5-12(15)6-8-19)10-14-4-2-3-13-9-17-20-16(13)14/h2-4,9,12,15H,5-8,10-11H2,1H3. The van der Waals surface area contributed by atoms with E-state index in [2.05, 4.69) is 39.4 Å². The van der Waals surface area contributed by atoms with Gasteiger partial charge in [-0.15, -0.1) is 0 Å². The van der Waals surface area contributed by atoms with Gasteiger partial charge in [0.05, 0.1) is 4.70 Å². The fourth-order valence-corrected chi connectivity index (χ4v) is 4.64. The van der Waals surface area contributed by atoms with Crippen molar-refractivity contribution in [2.45, 2.75) is 25.4 Å². The average Bonchev–Trinajstić information content (AvgIpc) is 2.98. The van der Waals surface area contributed by atoms with Crippen molar-refractivity contribution in [2.24, 2.45) is 5.92 Å². The summed E-state index contributed by atoms with van der Waals surface area (Å²) >= 11 is 1.63. The van der Waals surface area contributed by atoms with Crippen molar-refractivity contribution >= 4 is 21.6 Å². The molecule has 0 saturated carbocycles. The summed E-state index contributed by atoms with van der Waals surface area (Å²) in [5, 5.41) is 1.29. The summed E-state index contributed by atoms with van der Waals surface area (Å²) in [7, 11) is 2.30. The number of likely N-dealkylation sites (N-methyl/N-ethyl adjacent to an activating group) is 1. The average molecular weight is 287 g/mol. The largest absolute Gasteiger partial charge is 0.302 e. The first-order chi connectivity index (χ1) is 9.81. The zero-order chi connectivity index (χ0) is 13.5. The van der Waals surface area contributed by atoms with Gasteiger partial charge < -0.3 is 4.90 Å². The van der Waals surface area contributed by atoms with Crippen molar-refractivity contribution in [3.8, 4) is 0 Å². The molecular weight excluding hydrogens is 266 g/mol. The molecule has 3 aliphatic heterocycles. The zero-order valence-electron chi connectivity index (χ0n) is 12.0. The molecule has 3 saturated heterocycles. The first kappa shape index (κ1) is 12.7. The smallest absolute Gasteiger partial charge is 0.0594 e. The molecule has 3 nitrogen and oxygen atoms in total. The molecule has 3 fully saturated rings. The molecule has 4 heteroatoms. The Labute approximate surface area is 124 Å². The molecule has 0 spiro atoms. The third-order valence-corrected chi connectivity index (χ3v) is 5.96. The van der Waals surface area contributed by atoms with Gasteiger partial charge in [-0.3, -0.25) is 4.90 Å². The second-order valence-electron chi connectivity index (χ2n) is 6.28. The van der Waals surface area contributed by atoms with Gasteiger partial charge in [0.15, 0.2) is 0 Å². The Kier molecular flexibility index (Phi) is 3.25. The number of nitrogens with zero attached hydrogens (tertiary/aromatic N) is 3. The molecule has 2 bridgehead atoms. The van der Waals surface area contributed by atoms with Crippen LogP contribution in [-0.2, 0) is 6.54 Å². The van der Waals surface area contributed by atoms with Crippen LogP contribution in [-0.4, -0.2) is 46.9 Å². The van der Waals surface area contributed by atoms with E-state index in [0.29, 0.717) is 0 Å². The van der Waals surface area contributed by atoms with Gasteiger partial charge in [0.25, 0.3) is 0 Å². The van der Waals surface area contributed by atoms with E-state index >= 15 is 0 Å². The molecule has 0 N–H and O–H groups in total. The Morgan fingerprint density at radius 2 is 2.20 bits per heavy atom. The van der Waals surface area contributed by atoms with Gasteiger partial charge in [-0.2, -0.15) is 4.37 Å². The first-order valence-electron chi connectivity index (χ1n) is 7.56. The third-order valence-electron chi connectivity index (χ3n) is 5.07. The Morgan fingerprint density at radius 3 is 2.95 bits per heavy atom. The summed E-state index contributed by atoms with van der Waals surface area (Å²) in [6.07, 6.45) is 4.76. The molecular formula is C16H21N3S. The number of fused-ring (bicyclic) bond motifs is 4. The molecule has 0 radical (unpaired) electrons. The monoisotopic (exact) mass is 287 g/mol. The Morgan fingerprint density at radius 1 is 1.35 bits per heavy atom. The number of aromatic nitrogens is 1. The van der Waals surface area contributed by atoms with Gasteiger partial charge in [0.2, 0.25) is 0 Å². The van der Waals surface area contributed by atoms with Crippen molar-refractivity contribution in [2.75, 3.05) is 26.7 Å². The van der Waals surface area contributed by atoms with E-state index < -0.39 is 0 Å². The maximum Gasteiger partial charge on any atom is 0.0594 e. The lowest BCUT2D eigenvalue weighted by Crippen LogP contribution is -2.56. The quantitative estimate of drug-likeness (QED) is 0.865. The molecule has 0 aliphatic carbocycles. The van der Waals surface area contributed by atoms with Crippen LogP contribution in [0.15, 0.2) is 24.4 Å². The predicted octanol–water partition coefficient (Wildman–Crippen LogP) is 2.82. The van der Waals surface area contributed by atoms with Crippen LogP contribution < -0.4 is 0 Å². The van der Waals surface area contributed by atoms with Crippen LogP contribution in [0.4, 0.5) is 0 Å². The topological polar surface area (TPSA) is 19.4 Å². The molecule has 106 valence electrons. The van der Waals surface area contributed by atoms with Crippen molar-refractivity contribution in [1.82, 2.24) is 14.2 Å². The van der Waals surface area contributed by atoms with Crippen LogP contribution in [0.1, 0.15) is 18.4 Å². The van der Waals surface area contributed by atoms with Crippen molar-refractivity contribution in [1.29, 1.82) is 0 Å². The number of piperidine rings is 3. The second-order valence-corrected chi connectivity index (χ2v) is 7.08. The molecule has 0 amide bonds. The van der Waals surface area contributed by atoms with E-state index in [1.807, 2.05) is 6.20 Å². The number of benzene rings is 1. The van der Waals surface area contributed by atoms with Crippen molar-refractivity contribution in [3.63, 3.8) is 0 Å². The lowest BCUT2D eigenvalue weighted by Gasteiger charge is -2.48. The second kappa shape index (κ2) is 5.10. The van der Waals surface area contributed by atoms with Crippen LogP contribution in [0.3, 0.4) is 0 Å². The summed E-state index contributed by atoms with van der Waals surface area (Å²) in [5.74, 6) is 0.908. The summed E-state index contributed by atoms with van der Waals surface area (Å²) < 4.78 is 5.70. The minimum absolute atomic E-state index is 0.737. The number of rotatable bonds is 3. The van der Waals surface area contributed by atoms with Gasteiger partial charge in [-0.25, -0.2) is 0 Å². The fraction of sp³-hybridized carbons (Fsp3) is 0.562. The SMILES string of the molecule is CN(Cc1cccc2cnsc12)C1CN2CCC1CC2. The van der Waals surface area contributed by atoms with Crippen molar-refractivity contribution < 1.29 is 0 Å². The minimum Gasteiger partial charge on any atom is -0.302 e. The maximum atomic E-state index is 4.33. The molecule has 4 heterocycles. The summed E-state index contributed by atoms with van der Waals surface area (Å²) in [4.78, 5) is 5.21. The van der Waals surface area contributed by atoms with Crippen LogP contribution in [0.5, 0.6) is 0 Å². The van der Waals surface area contributed by atoms with Gasteiger partial charge in [0.1, 0.15) is 0 Å². The van der Waals surface area contributed by atoms with Crippen LogP contribution >= 0.6 is 11.5 Å². The highest BCUT2D eigenvalue weighted by molar-refractivity contribution is 7.13. The zero-order valence-corrected chi connectivity index (χ0v) is 12.8. The highest BCUT2D eigenvalue weighted by Gasteiger charge is 2.36. The van der Waals surface area contributed by atoms with E-state index in [1.54, 1.807) is 11.5 Å². The van der Waals surface area contributed by atoms with Crippen LogP contribution in [0.2, 0.25) is 0 Å². The molecule has 2 aromatic rings. The Hall–Kier alpha value is -0.970. The van der Waals surface area contributed by atoms with E-state index in [9.17, 15) is 0 Å². The van der Waals surface area contributed by atoms with E-state index in [1.165, 1.54) is 48.1 Å². The van der Waals surface area contributed by atoms with E-state index in [-0.39, 0.29) is 0 Å². The minimum atomic E-state index is 0.737. The molecule has 1 unspecified atom stereocenters. The molecule has 1 atom stereocenters. The molecule has 3 aliphatic rings. The van der Waals surface area contributed by atoms with Gasteiger partial charge in [0, 0.05) is 30.7 Å².